The van der Waals surface area contributed by atoms with Crippen LogP contribution in [0.5, 0.6) is 0 Å². The molecule has 0 amide bonds. The summed E-state index contributed by atoms with van der Waals surface area (Å²) in [6.45, 7) is 0. The number of benzene rings is 7. The van der Waals surface area contributed by atoms with Gasteiger partial charge in [-0.3, -0.25) is 0 Å². The Morgan fingerprint density at radius 1 is 0.395 bits per heavy atom. The van der Waals surface area contributed by atoms with E-state index in [4.69, 9.17) is 4.42 Å². The Morgan fingerprint density at radius 2 is 1.05 bits per heavy atom. The number of hydrogen-bond acceptors (Lipinski definition) is 3. The number of para-hydroxylation sites is 1. The molecule has 2 heterocycles. The van der Waals surface area contributed by atoms with Crippen molar-refractivity contribution in [1.82, 2.24) is 0 Å². The van der Waals surface area contributed by atoms with Crippen molar-refractivity contribution in [3.05, 3.63) is 152 Å². The zero-order valence-corrected chi connectivity index (χ0v) is 24.0. The van der Waals surface area contributed by atoms with Crippen LogP contribution < -0.4 is 4.90 Å². The fourth-order valence-corrected chi connectivity index (χ4v) is 7.46. The van der Waals surface area contributed by atoms with E-state index in [1.54, 1.807) is 0 Å². The summed E-state index contributed by atoms with van der Waals surface area (Å²) in [5.41, 5.74) is 7.59. The topological polar surface area (TPSA) is 16.4 Å². The molecule has 0 fully saturated rings. The lowest BCUT2D eigenvalue weighted by molar-refractivity contribution is 0.669. The minimum atomic E-state index is 0.914. The Bertz CT molecular complexity index is 2450. The monoisotopic (exact) mass is 567 g/mol. The molecule has 2 nitrogen and oxygen atoms in total. The van der Waals surface area contributed by atoms with Crippen molar-refractivity contribution in [3.63, 3.8) is 0 Å². The normalized spacial score (nSPS) is 11.7. The second kappa shape index (κ2) is 9.59. The van der Waals surface area contributed by atoms with Crippen LogP contribution in [0.25, 0.3) is 64.0 Å². The van der Waals surface area contributed by atoms with Gasteiger partial charge in [-0.1, -0.05) is 84.9 Å². The summed E-state index contributed by atoms with van der Waals surface area (Å²) in [7, 11) is 0. The number of anilines is 3. The number of hydrogen-bond donors (Lipinski definition) is 0. The Morgan fingerprint density at radius 3 is 1.91 bits per heavy atom. The number of thiophene rings is 1. The Balaban J connectivity index is 1.13. The third kappa shape index (κ3) is 4.01. The third-order valence-electron chi connectivity index (χ3n) is 8.43. The minimum Gasteiger partial charge on any atom is -0.456 e. The highest BCUT2D eigenvalue weighted by Crippen LogP contribution is 2.41. The van der Waals surface area contributed by atoms with Crippen LogP contribution in [0.1, 0.15) is 0 Å². The molecule has 3 heteroatoms. The van der Waals surface area contributed by atoms with Gasteiger partial charge >= 0.3 is 0 Å². The van der Waals surface area contributed by atoms with Crippen LogP contribution in [-0.4, -0.2) is 0 Å². The molecule has 7 aromatic carbocycles. The second-order valence-corrected chi connectivity index (χ2v) is 12.1. The van der Waals surface area contributed by atoms with Gasteiger partial charge in [0.15, 0.2) is 0 Å². The Hall–Kier alpha value is -5.38. The first kappa shape index (κ1) is 24.2. The van der Waals surface area contributed by atoms with Crippen molar-refractivity contribution in [2.75, 3.05) is 4.90 Å². The van der Waals surface area contributed by atoms with Crippen LogP contribution in [-0.2, 0) is 0 Å². The van der Waals surface area contributed by atoms with Gasteiger partial charge in [-0.2, -0.15) is 0 Å². The van der Waals surface area contributed by atoms with Crippen LogP contribution in [0.4, 0.5) is 17.1 Å². The largest absolute Gasteiger partial charge is 0.456 e. The minimum absolute atomic E-state index is 0.914. The maximum atomic E-state index is 6.24. The number of rotatable bonds is 4. The zero-order chi connectivity index (χ0) is 28.3. The first-order valence-electron chi connectivity index (χ1n) is 14.5. The Labute approximate surface area is 252 Å². The fraction of sp³-hybridized carbons (Fsp3) is 0. The lowest BCUT2D eigenvalue weighted by Gasteiger charge is -2.25. The van der Waals surface area contributed by atoms with E-state index in [2.05, 4.69) is 157 Å². The van der Waals surface area contributed by atoms with Gasteiger partial charge in [0.05, 0.1) is 0 Å². The standard InChI is InChI=1S/C40H25NOS/c1-2-10-30(11-3-1)41(32-19-20-34-33-12-6-7-13-39(33)43-40(34)25-32)31-17-14-26(15-18-31)29-16-21-37-35(23-29)36-22-27-8-4-5-9-28(27)24-38(36)42-37/h1-25H. The molecule has 0 aliphatic heterocycles. The maximum Gasteiger partial charge on any atom is 0.136 e. The fourth-order valence-electron chi connectivity index (χ4n) is 6.32. The average Bonchev–Trinajstić information content (AvgIpc) is 3.61. The molecular weight excluding hydrogens is 543 g/mol. The predicted octanol–water partition coefficient (Wildman–Crippen LogP) is 12.2. The van der Waals surface area contributed by atoms with Gasteiger partial charge in [0.25, 0.3) is 0 Å². The van der Waals surface area contributed by atoms with E-state index in [-0.39, 0.29) is 0 Å². The second-order valence-electron chi connectivity index (χ2n) is 11.0. The summed E-state index contributed by atoms with van der Waals surface area (Å²) >= 11 is 1.85. The van der Waals surface area contributed by atoms with Crippen molar-refractivity contribution in [3.8, 4) is 11.1 Å². The van der Waals surface area contributed by atoms with Crippen LogP contribution in [0, 0.1) is 0 Å². The van der Waals surface area contributed by atoms with E-state index in [1.165, 1.54) is 42.1 Å². The molecule has 0 saturated carbocycles. The molecule has 0 aliphatic rings. The van der Waals surface area contributed by atoms with E-state index >= 15 is 0 Å². The van der Waals surface area contributed by atoms with E-state index in [0.29, 0.717) is 0 Å². The average molecular weight is 568 g/mol. The lowest BCUT2D eigenvalue weighted by atomic mass is 10.0. The van der Waals surface area contributed by atoms with E-state index in [0.717, 1.165) is 39.0 Å². The van der Waals surface area contributed by atoms with E-state index < -0.39 is 0 Å². The molecule has 9 aromatic rings. The molecular formula is C40H25NOS. The molecule has 0 saturated heterocycles. The van der Waals surface area contributed by atoms with E-state index in [9.17, 15) is 0 Å². The summed E-state index contributed by atoms with van der Waals surface area (Å²) in [5, 5.41) is 7.34. The lowest BCUT2D eigenvalue weighted by Crippen LogP contribution is -2.09. The number of nitrogens with zero attached hydrogens (tertiary/aromatic N) is 1. The zero-order valence-electron chi connectivity index (χ0n) is 23.2. The van der Waals surface area contributed by atoms with Gasteiger partial charge in [-0.15, -0.1) is 11.3 Å². The van der Waals surface area contributed by atoms with Crippen molar-refractivity contribution in [2.24, 2.45) is 0 Å². The van der Waals surface area contributed by atoms with Gasteiger partial charge in [0.2, 0.25) is 0 Å². The van der Waals surface area contributed by atoms with Crippen molar-refractivity contribution < 1.29 is 4.42 Å². The predicted molar refractivity (Wildman–Crippen MR) is 184 cm³/mol. The molecule has 2 aromatic heterocycles. The first-order chi connectivity index (χ1) is 21.3. The van der Waals surface area contributed by atoms with Gasteiger partial charge in [0.1, 0.15) is 11.2 Å². The van der Waals surface area contributed by atoms with Crippen molar-refractivity contribution in [1.29, 1.82) is 0 Å². The van der Waals surface area contributed by atoms with Gasteiger partial charge in [0, 0.05) is 48.0 Å². The van der Waals surface area contributed by atoms with Crippen LogP contribution in [0.3, 0.4) is 0 Å². The summed E-state index contributed by atoms with van der Waals surface area (Å²) < 4.78 is 8.86. The molecule has 0 atom stereocenters. The highest BCUT2D eigenvalue weighted by Gasteiger charge is 2.15. The SMILES string of the molecule is c1ccc(N(c2ccc(-c3ccc4oc5cc6ccccc6cc5c4c3)cc2)c2ccc3c(c2)sc2ccccc23)cc1. The quantitative estimate of drug-likeness (QED) is 0.210. The van der Waals surface area contributed by atoms with Crippen molar-refractivity contribution >= 4 is 81.3 Å². The maximum absolute atomic E-state index is 6.24. The summed E-state index contributed by atoms with van der Waals surface area (Å²) in [6.07, 6.45) is 0. The van der Waals surface area contributed by atoms with Gasteiger partial charge < -0.3 is 9.32 Å². The number of fused-ring (bicyclic) bond motifs is 7. The molecule has 0 N–H and O–H groups in total. The molecule has 9 rings (SSSR count). The van der Waals surface area contributed by atoms with Crippen LogP contribution in [0.15, 0.2) is 156 Å². The van der Waals surface area contributed by atoms with E-state index in [1.807, 2.05) is 11.3 Å². The van der Waals surface area contributed by atoms with Crippen LogP contribution in [0.2, 0.25) is 0 Å². The van der Waals surface area contributed by atoms with Gasteiger partial charge in [-0.25, -0.2) is 0 Å². The van der Waals surface area contributed by atoms with Crippen molar-refractivity contribution in [2.45, 2.75) is 0 Å². The highest BCUT2D eigenvalue weighted by atomic mass is 32.1. The highest BCUT2D eigenvalue weighted by molar-refractivity contribution is 7.25. The van der Waals surface area contributed by atoms with Crippen LogP contribution >= 0.6 is 11.3 Å². The first-order valence-corrected chi connectivity index (χ1v) is 15.3. The molecule has 0 aliphatic carbocycles. The molecule has 43 heavy (non-hydrogen) atoms. The molecule has 0 bridgehead atoms. The summed E-state index contributed by atoms with van der Waals surface area (Å²) in [4.78, 5) is 2.34. The molecule has 0 unspecified atom stereocenters. The molecule has 0 spiro atoms. The molecule has 0 radical (unpaired) electrons. The Kier molecular flexibility index (Phi) is 5.40. The van der Waals surface area contributed by atoms with Gasteiger partial charge in [-0.05, 0) is 88.6 Å². The number of furan rings is 1. The summed E-state index contributed by atoms with van der Waals surface area (Å²) in [6, 6.07) is 54.3. The smallest absolute Gasteiger partial charge is 0.136 e. The summed E-state index contributed by atoms with van der Waals surface area (Å²) in [5.74, 6) is 0. The third-order valence-corrected chi connectivity index (χ3v) is 9.56. The molecule has 202 valence electrons.